The highest BCUT2D eigenvalue weighted by molar-refractivity contribution is 5.91. The smallest absolute Gasteiger partial charge is 0.343 e. The van der Waals surface area contributed by atoms with Gasteiger partial charge in [-0.3, -0.25) is 0 Å². The van der Waals surface area contributed by atoms with Crippen molar-refractivity contribution in [1.82, 2.24) is 0 Å². The Kier molecular flexibility index (Phi) is 10.6. The fraction of sp³-hybridized carbons (Fsp3) is 0.423. The molecule has 0 saturated heterocycles. The Bertz CT molecular complexity index is 750. The second-order valence-electron chi connectivity index (χ2n) is 7.44. The minimum atomic E-state index is -0.394. The van der Waals surface area contributed by atoms with E-state index in [1.165, 1.54) is 19.3 Å². The molecule has 0 amide bonds. The lowest BCUT2D eigenvalue weighted by Gasteiger charge is -2.14. The van der Waals surface area contributed by atoms with Gasteiger partial charge in [-0.25, -0.2) is 4.79 Å². The number of ether oxygens (including phenoxy) is 3. The molecule has 0 N–H and O–H groups in total. The van der Waals surface area contributed by atoms with Gasteiger partial charge in [-0.2, -0.15) is 0 Å². The normalized spacial score (nSPS) is 11.5. The molecule has 0 aromatic heterocycles. The zero-order chi connectivity index (χ0) is 21.6. The van der Waals surface area contributed by atoms with Gasteiger partial charge < -0.3 is 14.2 Å². The van der Waals surface area contributed by atoms with Crippen molar-refractivity contribution >= 4 is 5.97 Å². The third-order valence-electron chi connectivity index (χ3n) is 4.75. The minimum Gasteiger partial charge on any atom is -0.494 e. The predicted molar refractivity (Wildman–Crippen MR) is 122 cm³/mol. The van der Waals surface area contributed by atoms with Crippen molar-refractivity contribution in [3.05, 3.63) is 66.7 Å². The molecule has 162 valence electrons. The molecule has 1 atom stereocenters. The van der Waals surface area contributed by atoms with E-state index in [-0.39, 0.29) is 6.10 Å². The summed E-state index contributed by atoms with van der Waals surface area (Å²) in [6.07, 6.45) is 9.78. The highest BCUT2D eigenvalue weighted by Crippen LogP contribution is 2.21. The monoisotopic (exact) mass is 410 g/mol. The third-order valence-corrected chi connectivity index (χ3v) is 4.75. The lowest BCUT2D eigenvalue weighted by Crippen LogP contribution is -2.11. The molecular formula is C26H34O4. The Labute approximate surface area is 180 Å². The Balaban J connectivity index is 1.79. The Hall–Kier alpha value is -2.75. The summed E-state index contributed by atoms with van der Waals surface area (Å²) in [7, 11) is 0. The van der Waals surface area contributed by atoms with E-state index in [0.717, 1.165) is 37.2 Å². The van der Waals surface area contributed by atoms with E-state index in [1.54, 1.807) is 36.4 Å². The van der Waals surface area contributed by atoms with Crippen LogP contribution in [0.3, 0.4) is 0 Å². The van der Waals surface area contributed by atoms with Crippen LogP contribution in [-0.2, 0) is 0 Å². The Morgan fingerprint density at radius 2 is 1.60 bits per heavy atom. The quantitative estimate of drug-likeness (QED) is 0.146. The number of esters is 1. The molecule has 4 heteroatoms. The molecule has 0 aliphatic heterocycles. The van der Waals surface area contributed by atoms with Crippen molar-refractivity contribution in [3.63, 3.8) is 0 Å². The van der Waals surface area contributed by atoms with Crippen LogP contribution in [0.4, 0.5) is 0 Å². The van der Waals surface area contributed by atoms with Gasteiger partial charge in [0.25, 0.3) is 0 Å². The van der Waals surface area contributed by atoms with Crippen LogP contribution in [0.5, 0.6) is 17.2 Å². The van der Waals surface area contributed by atoms with Crippen molar-refractivity contribution in [3.8, 4) is 17.2 Å². The first-order chi connectivity index (χ1) is 14.6. The zero-order valence-electron chi connectivity index (χ0n) is 18.3. The summed E-state index contributed by atoms with van der Waals surface area (Å²) in [5, 5.41) is 0. The molecule has 0 aliphatic rings. The van der Waals surface area contributed by atoms with Gasteiger partial charge in [0.2, 0.25) is 0 Å². The number of unbranched alkanes of at least 4 members (excludes halogenated alkanes) is 4. The van der Waals surface area contributed by atoms with Crippen LogP contribution in [0.15, 0.2) is 61.2 Å². The lowest BCUT2D eigenvalue weighted by atomic mass is 10.1. The predicted octanol–water partition coefficient (Wildman–Crippen LogP) is 6.99. The highest BCUT2D eigenvalue weighted by Gasteiger charge is 2.10. The maximum atomic E-state index is 12.4. The number of hydrogen-bond donors (Lipinski definition) is 0. The molecular weight excluding hydrogens is 376 g/mol. The number of carbonyl (C=O) groups is 1. The number of hydrogen-bond acceptors (Lipinski definition) is 4. The second kappa shape index (κ2) is 13.5. The molecule has 30 heavy (non-hydrogen) atoms. The van der Waals surface area contributed by atoms with Gasteiger partial charge in [0.15, 0.2) is 0 Å². The van der Waals surface area contributed by atoms with Crippen LogP contribution < -0.4 is 14.2 Å². The standard InChI is InChI=1S/C26H34O4/c1-4-6-8-10-20-28-23-14-12-22(13-15-23)26(27)30-25-18-16-24(17-19-25)29-21(3)11-9-7-5-2/h4,12-19,21H,1,5-11,20H2,2-3H3/t21-/m1/s1. The fourth-order valence-electron chi connectivity index (χ4n) is 2.99. The fourth-order valence-corrected chi connectivity index (χ4v) is 2.99. The van der Waals surface area contributed by atoms with Crippen LogP contribution in [-0.4, -0.2) is 18.7 Å². The maximum Gasteiger partial charge on any atom is 0.343 e. The molecule has 2 aromatic rings. The number of rotatable bonds is 14. The molecule has 0 fully saturated rings. The van der Waals surface area contributed by atoms with Crippen LogP contribution in [0.2, 0.25) is 0 Å². The van der Waals surface area contributed by atoms with E-state index in [9.17, 15) is 4.79 Å². The summed E-state index contributed by atoms with van der Waals surface area (Å²) in [4.78, 5) is 12.4. The molecule has 2 aromatic carbocycles. The molecule has 0 radical (unpaired) electrons. The average Bonchev–Trinajstić information content (AvgIpc) is 2.75. The topological polar surface area (TPSA) is 44.8 Å². The molecule has 0 saturated carbocycles. The van der Waals surface area contributed by atoms with Crippen LogP contribution in [0.25, 0.3) is 0 Å². The van der Waals surface area contributed by atoms with Gasteiger partial charge >= 0.3 is 5.97 Å². The largest absolute Gasteiger partial charge is 0.494 e. The van der Waals surface area contributed by atoms with Crippen molar-refractivity contribution in [2.75, 3.05) is 6.61 Å². The van der Waals surface area contributed by atoms with Gasteiger partial charge in [-0.15, -0.1) is 6.58 Å². The van der Waals surface area contributed by atoms with E-state index >= 15 is 0 Å². The first kappa shape index (κ1) is 23.5. The maximum absolute atomic E-state index is 12.4. The molecule has 4 nitrogen and oxygen atoms in total. The molecule has 2 rings (SSSR count). The van der Waals surface area contributed by atoms with E-state index in [0.29, 0.717) is 17.9 Å². The summed E-state index contributed by atoms with van der Waals surface area (Å²) in [6.45, 7) is 8.64. The summed E-state index contributed by atoms with van der Waals surface area (Å²) in [5.41, 5.74) is 0.485. The van der Waals surface area contributed by atoms with Crippen LogP contribution in [0, 0.1) is 0 Å². The summed E-state index contributed by atoms with van der Waals surface area (Å²) in [5.74, 6) is 1.63. The SMILES string of the molecule is C=CCCCCOc1ccc(C(=O)Oc2ccc(O[C@H](C)CCCCC)cc2)cc1. The first-order valence-corrected chi connectivity index (χ1v) is 10.9. The summed E-state index contributed by atoms with van der Waals surface area (Å²) >= 11 is 0. The van der Waals surface area contributed by atoms with E-state index in [2.05, 4.69) is 20.4 Å². The zero-order valence-corrected chi connectivity index (χ0v) is 18.3. The lowest BCUT2D eigenvalue weighted by molar-refractivity contribution is 0.0734. The average molecular weight is 411 g/mol. The molecule has 0 bridgehead atoms. The van der Waals surface area contributed by atoms with Gasteiger partial charge in [0, 0.05) is 0 Å². The Morgan fingerprint density at radius 3 is 2.27 bits per heavy atom. The van der Waals surface area contributed by atoms with Crippen LogP contribution in [0.1, 0.15) is 69.2 Å². The van der Waals surface area contributed by atoms with Gasteiger partial charge in [-0.1, -0.05) is 25.8 Å². The second-order valence-corrected chi connectivity index (χ2v) is 7.44. The van der Waals surface area contributed by atoms with E-state index in [4.69, 9.17) is 14.2 Å². The summed E-state index contributed by atoms with van der Waals surface area (Å²) in [6, 6.07) is 14.2. The number of allylic oxidation sites excluding steroid dienone is 1. The van der Waals surface area contributed by atoms with Gasteiger partial charge in [0.1, 0.15) is 17.2 Å². The van der Waals surface area contributed by atoms with Crippen molar-refractivity contribution in [2.45, 2.75) is 64.9 Å². The molecule has 0 unspecified atom stereocenters. The van der Waals surface area contributed by atoms with Crippen molar-refractivity contribution in [2.24, 2.45) is 0 Å². The highest BCUT2D eigenvalue weighted by atomic mass is 16.5. The Morgan fingerprint density at radius 1 is 0.933 bits per heavy atom. The number of benzene rings is 2. The summed E-state index contributed by atoms with van der Waals surface area (Å²) < 4.78 is 17.1. The third kappa shape index (κ3) is 8.73. The van der Waals surface area contributed by atoms with E-state index in [1.807, 2.05) is 18.2 Å². The molecule has 0 heterocycles. The number of carbonyl (C=O) groups excluding carboxylic acids is 1. The van der Waals surface area contributed by atoms with Gasteiger partial charge in [-0.05, 0) is 87.6 Å². The first-order valence-electron chi connectivity index (χ1n) is 10.9. The van der Waals surface area contributed by atoms with Gasteiger partial charge in [0.05, 0.1) is 18.3 Å². The van der Waals surface area contributed by atoms with Crippen molar-refractivity contribution in [1.29, 1.82) is 0 Å². The minimum absolute atomic E-state index is 0.174. The van der Waals surface area contributed by atoms with Crippen LogP contribution >= 0.6 is 0 Å². The molecule has 0 aliphatic carbocycles. The van der Waals surface area contributed by atoms with E-state index < -0.39 is 5.97 Å². The molecule has 0 spiro atoms. The van der Waals surface area contributed by atoms with Crippen molar-refractivity contribution < 1.29 is 19.0 Å².